The van der Waals surface area contributed by atoms with Gasteiger partial charge in [-0.3, -0.25) is 4.79 Å². The fourth-order valence-corrected chi connectivity index (χ4v) is 5.19. The molecule has 0 radical (unpaired) electrons. The van der Waals surface area contributed by atoms with E-state index in [0.29, 0.717) is 24.6 Å². The summed E-state index contributed by atoms with van der Waals surface area (Å²) in [5.41, 5.74) is 3.09. The van der Waals surface area contributed by atoms with Gasteiger partial charge in [-0.05, 0) is 80.3 Å². The van der Waals surface area contributed by atoms with Crippen molar-refractivity contribution in [2.75, 3.05) is 13.1 Å². The third-order valence-electron chi connectivity index (χ3n) is 7.07. The first-order valence-corrected chi connectivity index (χ1v) is 11.9. The number of nitrogens with zero attached hydrogens (tertiary/aromatic N) is 3. The van der Waals surface area contributed by atoms with E-state index < -0.39 is 6.36 Å². The number of aliphatic hydroxyl groups excluding tert-OH is 1. The van der Waals surface area contributed by atoms with Crippen LogP contribution in [-0.2, 0) is 0 Å². The Morgan fingerprint density at radius 3 is 2.34 bits per heavy atom. The number of hydrogen-bond donors (Lipinski definition) is 2. The van der Waals surface area contributed by atoms with Crippen LogP contribution < -0.4 is 4.74 Å². The number of ether oxygens (including phenoxy) is 1. The molecule has 186 valence electrons. The van der Waals surface area contributed by atoms with E-state index in [1.54, 1.807) is 11.1 Å². The molecule has 35 heavy (non-hydrogen) atoms. The molecular formula is C25H27F3N4O3. The minimum absolute atomic E-state index is 0.205. The highest BCUT2D eigenvalue weighted by Crippen LogP contribution is 2.36. The number of fused-ring (bicyclic) bond motifs is 1. The van der Waals surface area contributed by atoms with E-state index in [9.17, 15) is 23.1 Å². The van der Waals surface area contributed by atoms with Gasteiger partial charge in [0.05, 0.1) is 6.10 Å². The number of carbonyl (C=O) groups excluding carboxylic acids is 1. The molecule has 1 saturated heterocycles. The van der Waals surface area contributed by atoms with Crippen LogP contribution in [0.5, 0.6) is 5.75 Å². The number of H-pyrrole nitrogens is 1. The number of halogens is 3. The number of likely N-dealkylation sites (tertiary alicyclic amines) is 1. The Bertz CT molecular complexity index is 1180. The lowest BCUT2D eigenvalue weighted by atomic mass is 9.87. The zero-order valence-corrected chi connectivity index (χ0v) is 19.1. The van der Waals surface area contributed by atoms with E-state index in [0.717, 1.165) is 73.2 Å². The second-order valence-electron chi connectivity index (χ2n) is 9.36. The van der Waals surface area contributed by atoms with Crippen LogP contribution in [0.15, 0.2) is 36.5 Å². The van der Waals surface area contributed by atoms with Crippen molar-refractivity contribution in [3.63, 3.8) is 0 Å². The Morgan fingerprint density at radius 2 is 1.69 bits per heavy atom. The Morgan fingerprint density at radius 1 is 1.00 bits per heavy atom. The summed E-state index contributed by atoms with van der Waals surface area (Å²) in [6.07, 6.45) is 1.70. The van der Waals surface area contributed by atoms with E-state index in [2.05, 4.69) is 14.7 Å². The highest BCUT2D eigenvalue weighted by molar-refractivity contribution is 5.94. The molecule has 1 saturated carbocycles. The summed E-state index contributed by atoms with van der Waals surface area (Å²) in [5.74, 6) is 0.905. The third kappa shape index (κ3) is 5.27. The fraction of sp³-hybridized carbons (Fsp3) is 0.480. The summed E-state index contributed by atoms with van der Waals surface area (Å²) < 4.78 is 41.0. The van der Waals surface area contributed by atoms with E-state index in [1.807, 2.05) is 6.07 Å². The number of piperidine rings is 1. The molecule has 1 aromatic carbocycles. The van der Waals surface area contributed by atoms with Crippen molar-refractivity contribution in [3.8, 4) is 5.75 Å². The summed E-state index contributed by atoms with van der Waals surface area (Å²) >= 11 is 0. The van der Waals surface area contributed by atoms with Crippen LogP contribution in [0.1, 0.15) is 72.1 Å². The maximum atomic E-state index is 12.9. The normalized spacial score (nSPS) is 21.9. The van der Waals surface area contributed by atoms with Crippen molar-refractivity contribution < 1.29 is 27.8 Å². The van der Waals surface area contributed by atoms with Gasteiger partial charge in [-0.2, -0.15) is 0 Å². The number of benzene rings is 1. The van der Waals surface area contributed by atoms with Crippen molar-refractivity contribution in [3.05, 3.63) is 53.5 Å². The zero-order valence-electron chi connectivity index (χ0n) is 19.1. The lowest BCUT2D eigenvalue weighted by molar-refractivity contribution is -0.274. The summed E-state index contributed by atoms with van der Waals surface area (Å²) in [7, 11) is 0. The number of aromatic nitrogens is 3. The molecule has 1 aliphatic heterocycles. The van der Waals surface area contributed by atoms with E-state index >= 15 is 0 Å². The number of hydrogen-bond acceptors (Lipinski definition) is 5. The molecule has 2 N–H and O–H groups in total. The van der Waals surface area contributed by atoms with Crippen molar-refractivity contribution >= 4 is 17.1 Å². The number of aliphatic hydroxyl groups is 1. The first-order chi connectivity index (χ1) is 16.8. The predicted octanol–water partition coefficient (Wildman–Crippen LogP) is 4.89. The molecule has 2 aromatic heterocycles. The summed E-state index contributed by atoms with van der Waals surface area (Å²) in [6, 6.07) is 7.03. The highest BCUT2D eigenvalue weighted by Gasteiger charge is 2.32. The molecule has 0 bridgehead atoms. The van der Waals surface area contributed by atoms with Gasteiger partial charge < -0.3 is 19.7 Å². The van der Waals surface area contributed by atoms with Crippen molar-refractivity contribution in [2.45, 2.75) is 62.8 Å². The highest BCUT2D eigenvalue weighted by atomic mass is 19.4. The van der Waals surface area contributed by atoms with Gasteiger partial charge in [0.25, 0.3) is 5.91 Å². The summed E-state index contributed by atoms with van der Waals surface area (Å²) in [4.78, 5) is 27.3. The topological polar surface area (TPSA) is 91.3 Å². The smallest absolute Gasteiger partial charge is 0.406 e. The Hall–Kier alpha value is -3.14. The number of alkyl halides is 3. The number of aromatic amines is 1. The number of imidazole rings is 1. The second-order valence-corrected chi connectivity index (χ2v) is 9.36. The van der Waals surface area contributed by atoms with Gasteiger partial charge in [-0.1, -0.05) is 0 Å². The summed E-state index contributed by atoms with van der Waals surface area (Å²) in [6.45, 7) is 1.10. The van der Waals surface area contributed by atoms with Crippen LogP contribution in [0.2, 0.25) is 0 Å². The van der Waals surface area contributed by atoms with Gasteiger partial charge in [-0.15, -0.1) is 13.2 Å². The van der Waals surface area contributed by atoms with Crippen LogP contribution in [0.4, 0.5) is 13.2 Å². The molecule has 0 atom stereocenters. The number of nitrogens with one attached hydrogen (secondary N) is 1. The Labute approximate surface area is 200 Å². The molecule has 3 aromatic rings. The first kappa shape index (κ1) is 23.6. The van der Waals surface area contributed by atoms with Gasteiger partial charge in [0.2, 0.25) is 0 Å². The maximum absolute atomic E-state index is 12.9. The number of amides is 1. The van der Waals surface area contributed by atoms with Gasteiger partial charge in [0.15, 0.2) is 5.65 Å². The Kier molecular flexibility index (Phi) is 6.39. The minimum Gasteiger partial charge on any atom is -0.406 e. The molecule has 2 fully saturated rings. The van der Waals surface area contributed by atoms with Crippen molar-refractivity contribution in [2.24, 2.45) is 0 Å². The standard InChI is InChI=1S/C25H27F3N4O3/c26-25(27,28)35-19-7-3-17(4-8-19)24(34)32-13-10-15(11-14-32)20-9-12-29-23-21(20)30-22(31-23)16-1-5-18(33)6-2-16/h3-4,7-9,12,15-16,18,33H,1-2,5-6,10-11,13-14H2,(H,29,30,31). The molecule has 1 aliphatic carbocycles. The average molecular weight is 489 g/mol. The first-order valence-electron chi connectivity index (χ1n) is 11.9. The minimum atomic E-state index is -4.76. The third-order valence-corrected chi connectivity index (χ3v) is 7.07. The van der Waals surface area contributed by atoms with E-state index in [4.69, 9.17) is 4.98 Å². The van der Waals surface area contributed by atoms with E-state index in [1.165, 1.54) is 12.1 Å². The zero-order chi connectivity index (χ0) is 24.6. The molecular weight excluding hydrogens is 461 g/mol. The lowest BCUT2D eigenvalue weighted by Crippen LogP contribution is -2.38. The van der Waals surface area contributed by atoms with Crippen molar-refractivity contribution in [1.82, 2.24) is 19.9 Å². The van der Waals surface area contributed by atoms with Gasteiger partial charge in [-0.25, -0.2) is 9.97 Å². The molecule has 3 heterocycles. The average Bonchev–Trinajstić information content (AvgIpc) is 3.28. The maximum Gasteiger partial charge on any atom is 0.573 e. The molecule has 2 aliphatic rings. The fourth-order valence-electron chi connectivity index (χ4n) is 5.19. The largest absolute Gasteiger partial charge is 0.573 e. The second kappa shape index (κ2) is 9.49. The van der Waals surface area contributed by atoms with Gasteiger partial charge in [0, 0.05) is 30.8 Å². The van der Waals surface area contributed by atoms with E-state index in [-0.39, 0.29) is 23.7 Å². The molecule has 7 nitrogen and oxygen atoms in total. The molecule has 0 spiro atoms. The van der Waals surface area contributed by atoms with Crippen LogP contribution in [0.25, 0.3) is 11.2 Å². The van der Waals surface area contributed by atoms with Crippen LogP contribution >= 0.6 is 0 Å². The van der Waals surface area contributed by atoms with Crippen LogP contribution in [-0.4, -0.2) is 56.4 Å². The quantitative estimate of drug-likeness (QED) is 0.546. The number of carbonyl (C=O) groups is 1. The number of pyridine rings is 1. The number of rotatable bonds is 4. The monoisotopic (exact) mass is 488 g/mol. The van der Waals surface area contributed by atoms with Gasteiger partial charge in [0.1, 0.15) is 17.1 Å². The van der Waals surface area contributed by atoms with Crippen LogP contribution in [0, 0.1) is 0 Å². The summed E-state index contributed by atoms with van der Waals surface area (Å²) in [5, 5.41) is 9.80. The predicted molar refractivity (Wildman–Crippen MR) is 122 cm³/mol. The van der Waals surface area contributed by atoms with Crippen LogP contribution in [0.3, 0.4) is 0 Å². The Balaban J connectivity index is 1.24. The SMILES string of the molecule is O=C(c1ccc(OC(F)(F)F)cc1)N1CCC(c2ccnc3[nH]c(C4CCC(O)CC4)nc23)CC1. The lowest BCUT2D eigenvalue weighted by Gasteiger charge is -2.32. The molecule has 0 unspecified atom stereocenters. The molecule has 1 amide bonds. The van der Waals surface area contributed by atoms with Gasteiger partial charge >= 0.3 is 6.36 Å². The van der Waals surface area contributed by atoms with Crippen molar-refractivity contribution in [1.29, 1.82) is 0 Å². The molecule has 5 rings (SSSR count). The molecule has 10 heteroatoms.